The van der Waals surface area contributed by atoms with Crippen molar-refractivity contribution in [2.45, 2.75) is 70.4 Å². The minimum Gasteiger partial charge on any atom is -0.485 e. The largest absolute Gasteiger partial charge is 0.485 e. The van der Waals surface area contributed by atoms with Gasteiger partial charge in [-0.3, -0.25) is 23.9 Å². The molecule has 2 aliphatic heterocycles. The highest BCUT2D eigenvalue weighted by atomic mass is 16.5. The second-order valence-electron chi connectivity index (χ2n) is 11.0. The first kappa shape index (κ1) is 29.6. The van der Waals surface area contributed by atoms with E-state index in [0.717, 1.165) is 6.54 Å². The Morgan fingerprint density at radius 3 is 2.62 bits per heavy atom. The Morgan fingerprint density at radius 2 is 1.88 bits per heavy atom. The molecule has 3 aromatic heterocycles. The number of anilines is 1. The Hall–Kier alpha value is -3.91. The smallest absolute Gasteiger partial charge is 0.294 e. The topological polar surface area (TPSA) is 174 Å². The lowest BCUT2D eigenvalue weighted by atomic mass is 9.98. The highest BCUT2D eigenvalue weighted by molar-refractivity contribution is 6.03. The zero-order valence-electron chi connectivity index (χ0n) is 23.9. The van der Waals surface area contributed by atoms with Crippen molar-refractivity contribution < 1.29 is 29.6 Å². The molecule has 1 fully saturated rings. The molecule has 0 aliphatic carbocycles. The number of piperidine rings is 1. The summed E-state index contributed by atoms with van der Waals surface area (Å²) in [5.74, 6) is -0.535. The lowest BCUT2D eigenvalue weighted by Crippen LogP contribution is -2.47. The van der Waals surface area contributed by atoms with E-state index in [2.05, 4.69) is 44.6 Å². The van der Waals surface area contributed by atoms with Crippen molar-refractivity contribution in [2.24, 2.45) is 0 Å². The van der Waals surface area contributed by atoms with Crippen molar-refractivity contribution >= 4 is 28.9 Å². The van der Waals surface area contributed by atoms with Crippen LogP contribution in [0.1, 0.15) is 65.3 Å². The number of nitrogens with zero attached hydrogens (tertiary/aromatic N) is 5. The van der Waals surface area contributed by atoms with Crippen LogP contribution in [0, 0.1) is 6.92 Å². The van der Waals surface area contributed by atoms with Gasteiger partial charge in [0.25, 0.3) is 11.8 Å². The van der Waals surface area contributed by atoms with Gasteiger partial charge >= 0.3 is 0 Å². The van der Waals surface area contributed by atoms with E-state index in [1.165, 1.54) is 35.9 Å². The molecule has 0 radical (unpaired) electrons. The summed E-state index contributed by atoms with van der Waals surface area (Å²) >= 11 is 0. The standard InChI is InChI=1S/C29H37N7O6/c1-16-5-4-6-17(2)35(16)10-8-30-28(40)20-11-21(18(3)31-14-20)32-29(41)27-34-33-25-12-19(7-9-36(25)27)23-13-22(38)26(39)24(15-37)42-23/h7,9,11-14,16-17,22,24,26,37-39H,4-6,8,10,15H2,1-3H3,(H,30,40)(H,32,41)/t16-,17+,22-,24-,26+/m1/s1. The number of aliphatic hydroxyl groups is 3. The average molecular weight is 580 g/mol. The fraction of sp³-hybridized carbons (Fsp3) is 0.483. The third kappa shape index (κ3) is 6.14. The number of nitrogens with one attached hydrogen (secondary N) is 2. The maximum atomic E-state index is 13.2. The molecule has 5 atom stereocenters. The molecule has 13 heteroatoms. The van der Waals surface area contributed by atoms with Gasteiger partial charge in [0, 0.05) is 43.1 Å². The van der Waals surface area contributed by atoms with E-state index in [0.29, 0.717) is 46.8 Å². The number of aliphatic hydroxyl groups excluding tert-OH is 3. The first-order chi connectivity index (χ1) is 20.2. The molecular weight excluding hydrogens is 542 g/mol. The zero-order chi connectivity index (χ0) is 30.0. The maximum Gasteiger partial charge on any atom is 0.294 e. The Bertz CT molecular complexity index is 1480. The van der Waals surface area contributed by atoms with Crippen LogP contribution in [0.15, 0.2) is 36.7 Å². The molecule has 42 heavy (non-hydrogen) atoms. The lowest BCUT2D eigenvalue weighted by molar-refractivity contribution is -0.0723. The molecular formula is C29H37N7O6. The SMILES string of the molecule is Cc1ncc(C(=O)NCCN2[C@H](C)CCC[C@@H]2C)cc1NC(=O)c1nnc2cc(C3=C[C@@H](O)[C@H](O)[C@@H](CO)O3)ccn12. The minimum atomic E-state index is -1.25. The maximum absolute atomic E-state index is 13.2. The summed E-state index contributed by atoms with van der Waals surface area (Å²) in [6, 6.07) is 5.82. The highest BCUT2D eigenvalue weighted by Gasteiger charge is 2.32. The van der Waals surface area contributed by atoms with Crippen LogP contribution >= 0.6 is 0 Å². The van der Waals surface area contributed by atoms with E-state index in [9.17, 15) is 24.9 Å². The number of likely N-dealkylation sites (tertiary alicyclic amines) is 1. The van der Waals surface area contributed by atoms with E-state index in [1.807, 2.05) is 0 Å². The van der Waals surface area contributed by atoms with Gasteiger partial charge in [-0.15, -0.1) is 10.2 Å². The van der Waals surface area contributed by atoms with Crippen molar-refractivity contribution in [2.75, 3.05) is 25.0 Å². The molecule has 13 nitrogen and oxygen atoms in total. The lowest BCUT2D eigenvalue weighted by Gasteiger charge is -2.39. The van der Waals surface area contributed by atoms with E-state index in [4.69, 9.17) is 4.74 Å². The van der Waals surface area contributed by atoms with E-state index in [1.54, 1.807) is 31.3 Å². The Labute approximate surface area is 243 Å². The summed E-state index contributed by atoms with van der Waals surface area (Å²) in [5.41, 5.74) is 2.11. The normalized spacial score (nSPS) is 24.6. The second-order valence-corrected chi connectivity index (χ2v) is 11.0. The van der Waals surface area contributed by atoms with E-state index < -0.39 is 30.8 Å². The first-order valence-electron chi connectivity index (χ1n) is 14.2. The number of pyridine rings is 2. The van der Waals surface area contributed by atoms with Gasteiger partial charge in [-0.05, 0) is 57.9 Å². The molecule has 0 aromatic carbocycles. The zero-order valence-corrected chi connectivity index (χ0v) is 23.9. The van der Waals surface area contributed by atoms with E-state index >= 15 is 0 Å². The van der Waals surface area contributed by atoms with Crippen LogP contribution in [-0.2, 0) is 4.74 Å². The molecule has 5 N–H and O–H groups in total. The molecule has 0 saturated carbocycles. The molecule has 2 amide bonds. The van der Waals surface area contributed by atoms with Gasteiger partial charge < -0.3 is 30.7 Å². The molecule has 5 heterocycles. The number of amides is 2. The Kier molecular flexibility index (Phi) is 8.82. The molecule has 224 valence electrons. The van der Waals surface area contributed by atoms with Crippen molar-refractivity contribution in [3.05, 3.63) is 59.3 Å². The van der Waals surface area contributed by atoms with E-state index in [-0.39, 0.29) is 17.5 Å². The van der Waals surface area contributed by atoms with Crippen molar-refractivity contribution in [3.63, 3.8) is 0 Å². The average Bonchev–Trinajstić information content (AvgIpc) is 3.40. The van der Waals surface area contributed by atoms with Crippen LogP contribution in [0.2, 0.25) is 0 Å². The van der Waals surface area contributed by atoms with Gasteiger partial charge in [0.2, 0.25) is 5.82 Å². The summed E-state index contributed by atoms with van der Waals surface area (Å²) < 4.78 is 7.10. The number of fused-ring (bicyclic) bond motifs is 1. The van der Waals surface area contributed by atoms with Crippen LogP contribution in [0.4, 0.5) is 5.69 Å². The number of hydrogen-bond donors (Lipinski definition) is 5. The number of hydrogen-bond acceptors (Lipinski definition) is 10. The predicted octanol–water partition coefficient (Wildman–Crippen LogP) is 1.13. The number of carbonyl (C=O) groups is 2. The molecule has 0 spiro atoms. The molecule has 5 rings (SSSR count). The van der Waals surface area contributed by atoms with Crippen LogP contribution in [0.3, 0.4) is 0 Å². The fourth-order valence-corrected chi connectivity index (χ4v) is 5.53. The predicted molar refractivity (Wildman–Crippen MR) is 154 cm³/mol. The van der Waals surface area contributed by atoms with Crippen molar-refractivity contribution in [1.29, 1.82) is 0 Å². The van der Waals surface area contributed by atoms with Gasteiger partial charge in [-0.1, -0.05) is 6.42 Å². The number of aromatic nitrogens is 4. The van der Waals surface area contributed by atoms with Crippen LogP contribution < -0.4 is 10.6 Å². The molecule has 3 aromatic rings. The second kappa shape index (κ2) is 12.5. The number of rotatable bonds is 8. The summed E-state index contributed by atoms with van der Waals surface area (Å²) in [5, 5.41) is 43.4. The minimum absolute atomic E-state index is 0.0119. The number of aryl methyl sites for hydroxylation is 1. The summed E-state index contributed by atoms with van der Waals surface area (Å²) in [6.45, 7) is 6.99. The van der Waals surface area contributed by atoms with Gasteiger partial charge in [0.15, 0.2) is 11.8 Å². The summed E-state index contributed by atoms with van der Waals surface area (Å²) in [4.78, 5) is 32.8. The summed E-state index contributed by atoms with van der Waals surface area (Å²) in [7, 11) is 0. The van der Waals surface area contributed by atoms with Crippen LogP contribution in [-0.4, -0.2) is 102 Å². The quantitative estimate of drug-likeness (QED) is 0.260. The third-order valence-electron chi connectivity index (χ3n) is 8.04. The Morgan fingerprint density at radius 1 is 1.12 bits per heavy atom. The number of carbonyl (C=O) groups excluding carboxylic acids is 2. The van der Waals surface area contributed by atoms with Gasteiger partial charge in [-0.2, -0.15) is 0 Å². The van der Waals surface area contributed by atoms with Gasteiger partial charge in [-0.25, -0.2) is 0 Å². The Balaban J connectivity index is 1.26. The monoisotopic (exact) mass is 579 g/mol. The third-order valence-corrected chi connectivity index (χ3v) is 8.04. The summed E-state index contributed by atoms with van der Waals surface area (Å²) in [6.07, 6.45) is 4.53. The van der Waals surface area contributed by atoms with Gasteiger partial charge in [0.1, 0.15) is 18.0 Å². The number of ether oxygens (including phenoxy) is 1. The first-order valence-corrected chi connectivity index (χ1v) is 14.2. The van der Waals surface area contributed by atoms with Crippen LogP contribution in [0.25, 0.3) is 11.4 Å². The highest BCUT2D eigenvalue weighted by Crippen LogP contribution is 2.27. The van der Waals surface area contributed by atoms with Crippen molar-refractivity contribution in [1.82, 2.24) is 29.8 Å². The molecule has 2 aliphatic rings. The van der Waals surface area contributed by atoms with Crippen LogP contribution in [0.5, 0.6) is 0 Å². The van der Waals surface area contributed by atoms with Gasteiger partial charge in [0.05, 0.1) is 23.6 Å². The molecule has 0 unspecified atom stereocenters. The van der Waals surface area contributed by atoms with Crippen molar-refractivity contribution in [3.8, 4) is 0 Å². The fourth-order valence-electron chi connectivity index (χ4n) is 5.53. The molecule has 0 bridgehead atoms. The molecule has 1 saturated heterocycles.